The number of rotatable bonds is 5. The highest BCUT2D eigenvalue weighted by Gasteiger charge is 2.13. The van der Waals surface area contributed by atoms with Crippen molar-refractivity contribution < 1.29 is 14.3 Å². The largest absolute Gasteiger partial charge is 0.379 e. The zero-order valence-electron chi connectivity index (χ0n) is 14.3. The smallest absolute Gasteiger partial charge is 0.251 e. The van der Waals surface area contributed by atoms with Crippen molar-refractivity contribution in [1.82, 2.24) is 10.2 Å². The lowest BCUT2D eigenvalue weighted by Gasteiger charge is -2.26. The van der Waals surface area contributed by atoms with Crippen LogP contribution in [0.2, 0.25) is 0 Å². The molecule has 0 aromatic heterocycles. The fraction of sp³-hybridized carbons (Fsp3) is 0.300. The molecule has 1 aliphatic rings. The maximum absolute atomic E-state index is 12.6. The van der Waals surface area contributed by atoms with Gasteiger partial charge in [0, 0.05) is 43.4 Å². The second-order valence-corrected chi connectivity index (χ2v) is 6.07. The summed E-state index contributed by atoms with van der Waals surface area (Å²) in [6, 6.07) is 14.4. The predicted octanol–water partition coefficient (Wildman–Crippen LogP) is 2.11. The molecule has 0 atom stereocenters. The molecule has 1 N–H and O–H groups in total. The summed E-state index contributed by atoms with van der Waals surface area (Å²) in [5.74, 6) is -0.201. The molecule has 25 heavy (non-hydrogen) atoms. The Kier molecular flexibility index (Phi) is 5.58. The van der Waals surface area contributed by atoms with Crippen molar-refractivity contribution in [2.45, 2.75) is 6.54 Å². The maximum Gasteiger partial charge on any atom is 0.251 e. The van der Waals surface area contributed by atoms with E-state index in [0.29, 0.717) is 16.7 Å². The van der Waals surface area contributed by atoms with Gasteiger partial charge in [-0.05, 0) is 17.7 Å². The molecule has 1 amide bonds. The van der Waals surface area contributed by atoms with Gasteiger partial charge in [0.2, 0.25) is 0 Å². The van der Waals surface area contributed by atoms with Crippen LogP contribution in [-0.4, -0.2) is 49.9 Å². The first-order valence-electron chi connectivity index (χ1n) is 8.43. The number of carbonyl (C=O) groups excluding carboxylic acids is 2. The number of benzene rings is 2. The number of hydrogen-bond donors (Lipinski definition) is 1. The molecule has 0 unspecified atom stereocenters. The van der Waals surface area contributed by atoms with Gasteiger partial charge in [0.1, 0.15) is 0 Å². The Bertz CT molecular complexity index is 733. The normalized spacial score (nSPS) is 14.9. The van der Waals surface area contributed by atoms with E-state index in [4.69, 9.17) is 4.74 Å². The molecule has 1 heterocycles. The highest BCUT2D eigenvalue weighted by Crippen LogP contribution is 2.14. The molecular weight excluding hydrogens is 316 g/mol. The first kappa shape index (κ1) is 17.3. The van der Waals surface area contributed by atoms with E-state index in [-0.39, 0.29) is 11.7 Å². The first-order chi connectivity index (χ1) is 12.2. The fourth-order valence-corrected chi connectivity index (χ4v) is 2.86. The minimum absolute atomic E-state index is 0.0404. The molecule has 1 aliphatic heterocycles. The minimum Gasteiger partial charge on any atom is -0.379 e. The van der Waals surface area contributed by atoms with E-state index in [1.807, 2.05) is 24.3 Å². The summed E-state index contributed by atoms with van der Waals surface area (Å²) in [5.41, 5.74) is 2.96. The highest BCUT2D eigenvalue weighted by molar-refractivity contribution is 6.09. The number of nitrogens with one attached hydrogen (secondary N) is 1. The quantitative estimate of drug-likeness (QED) is 0.849. The first-order valence-corrected chi connectivity index (χ1v) is 8.43. The third-order valence-corrected chi connectivity index (χ3v) is 4.36. The van der Waals surface area contributed by atoms with Gasteiger partial charge in [0.05, 0.1) is 13.2 Å². The number of carbonyl (C=O) groups is 2. The van der Waals surface area contributed by atoms with E-state index in [0.717, 1.165) is 32.8 Å². The van der Waals surface area contributed by atoms with Crippen LogP contribution in [0.3, 0.4) is 0 Å². The highest BCUT2D eigenvalue weighted by atomic mass is 16.5. The van der Waals surface area contributed by atoms with Gasteiger partial charge in [-0.15, -0.1) is 0 Å². The van der Waals surface area contributed by atoms with E-state index in [1.54, 1.807) is 31.3 Å². The molecule has 1 fully saturated rings. The van der Waals surface area contributed by atoms with Gasteiger partial charge < -0.3 is 10.1 Å². The van der Waals surface area contributed by atoms with E-state index in [9.17, 15) is 9.59 Å². The Morgan fingerprint density at radius 1 is 0.920 bits per heavy atom. The lowest BCUT2D eigenvalue weighted by molar-refractivity contribution is 0.0342. The Hall–Kier alpha value is -2.50. The van der Waals surface area contributed by atoms with Crippen LogP contribution in [0, 0.1) is 0 Å². The van der Waals surface area contributed by atoms with E-state index >= 15 is 0 Å². The van der Waals surface area contributed by atoms with Crippen LogP contribution in [0.1, 0.15) is 31.8 Å². The van der Waals surface area contributed by atoms with Crippen LogP contribution < -0.4 is 5.32 Å². The molecule has 5 nitrogen and oxygen atoms in total. The van der Waals surface area contributed by atoms with Gasteiger partial charge >= 0.3 is 0 Å². The molecule has 2 aromatic carbocycles. The zero-order chi connectivity index (χ0) is 17.6. The number of nitrogens with zero attached hydrogens (tertiary/aromatic N) is 1. The third kappa shape index (κ3) is 4.32. The van der Waals surface area contributed by atoms with Crippen LogP contribution >= 0.6 is 0 Å². The van der Waals surface area contributed by atoms with Crippen molar-refractivity contribution in [2.75, 3.05) is 33.4 Å². The fourth-order valence-electron chi connectivity index (χ4n) is 2.86. The lowest BCUT2D eigenvalue weighted by Crippen LogP contribution is -2.35. The second-order valence-electron chi connectivity index (χ2n) is 6.07. The van der Waals surface area contributed by atoms with Gasteiger partial charge in [-0.1, -0.05) is 36.4 Å². The van der Waals surface area contributed by atoms with Gasteiger partial charge in [-0.3, -0.25) is 14.5 Å². The zero-order valence-corrected chi connectivity index (χ0v) is 14.3. The summed E-state index contributed by atoms with van der Waals surface area (Å²) in [6.07, 6.45) is 0. The minimum atomic E-state index is -0.161. The SMILES string of the molecule is CNC(=O)c1ccc(C(=O)c2ccc(CN3CCOCC3)cc2)cc1. The summed E-state index contributed by atoms with van der Waals surface area (Å²) in [5, 5.41) is 2.57. The molecule has 130 valence electrons. The average Bonchev–Trinajstić information content (AvgIpc) is 2.68. The number of hydrogen-bond acceptors (Lipinski definition) is 4. The Morgan fingerprint density at radius 2 is 1.44 bits per heavy atom. The second kappa shape index (κ2) is 8.05. The van der Waals surface area contributed by atoms with Crippen LogP contribution in [0.25, 0.3) is 0 Å². The Balaban J connectivity index is 1.66. The maximum atomic E-state index is 12.6. The van der Waals surface area contributed by atoms with Crippen LogP contribution in [0.15, 0.2) is 48.5 Å². The third-order valence-electron chi connectivity index (χ3n) is 4.36. The van der Waals surface area contributed by atoms with Crippen molar-refractivity contribution in [3.05, 3.63) is 70.8 Å². The van der Waals surface area contributed by atoms with Gasteiger partial charge in [-0.25, -0.2) is 0 Å². The summed E-state index contributed by atoms with van der Waals surface area (Å²) in [4.78, 5) is 26.5. The molecule has 5 heteroatoms. The van der Waals surface area contributed by atoms with Gasteiger partial charge in [-0.2, -0.15) is 0 Å². The Morgan fingerprint density at radius 3 is 2.00 bits per heavy atom. The molecule has 0 radical (unpaired) electrons. The molecule has 0 aliphatic carbocycles. The molecule has 1 saturated heterocycles. The number of ether oxygens (including phenoxy) is 1. The molecule has 0 saturated carbocycles. The summed E-state index contributed by atoms with van der Waals surface area (Å²) in [6.45, 7) is 4.32. The van der Waals surface area contributed by atoms with Crippen LogP contribution in [0.5, 0.6) is 0 Å². The van der Waals surface area contributed by atoms with E-state index in [1.165, 1.54) is 5.56 Å². The predicted molar refractivity (Wildman–Crippen MR) is 95.8 cm³/mol. The van der Waals surface area contributed by atoms with Crippen molar-refractivity contribution in [1.29, 1.82) is 0 Å². The topological polar surface area (TPSA) is 58.6 Å². The lowest BCUT2D eigenvalue weighted by atomic mass is 10.0. The molecule has 0 bridgehead atoms. The van der Waals surface area contributed by atoms with Crippen molar-refractivity contribution in [2.24, 2.45) is 0 Å². The van der Waals surface area contributed by atoms with Crippen molar-refractivity contribution in [3.8, 4) is 0 Å². The standard InChI is InChI=1S/C20H22N2O3/c1-21-20(24)18-8-6-17(7-9-18)19(23)16-4-2-15(3-5-16)14-22-10-12-25-13-11-22/h2-9H,10-14H2,1H3,(H,21,24). The van der Waals surface area contributed by atoms with Gasteiger partial charge in [0.15, 0.2) is 5.78 Å². The van der Waals surface area contributed by atoms with Crippen molar-refractivity contribution >= 4 is 11.7 Å². The summed E-state index contributed by atoms with van der Waals surface area (Å²) in [7, 11) is 1.58. The summed E-state index contributed by atoms with van der Waals surface area (Å²) >= 11 is 0. The van der Waals surface area contributed by atoms with Crippen LogP contribution in [-0.2, 0) is 11.3 Å². The average molecular weight is 338 g/mol. The molecule has 0 spiro atoms. The Labute approximate surface area is 147 Å². The number of morpholine rings is 1. The van der Waals surface area contributed by atoms with Crippen molar-refractivity contribution in [3.63, 3.8) is 0 Å². The number of ketones is 1. The molecule has 2 aromatic rings. The molecule has 3 rings (SSSR count). The number of amides is 1. The van der Waals surface area contributed by atoms with Crippen LogP contribution in [0.4, 0.5) is 0 Å². The van der Waals surface area contributed by atoms with E-state index < -0.39 is 0 Å². The monoisotopic (exact) mass is 338 g/mol. The summed E-state index contributed by atoms with van der Waals surface area (Å²) < 4.78 is 5.36. The van der Waals surface area contributed by atoms with Gasteiger partial charge in [0.25, 0.3) is 5.91 Å². The van der Waals surface area contributed by atoms with E-state index in [2.05, 4.69) is 10.2 Å². The molecular formula is C20H22N2O3.